The van der Waals surface area contributed by atoms with Crippen LogP contribution >= 0.6 is 11.6 Å². The maximum Gasteiger partial charge on any atom is 0.311 e. The van der Waals surface area contributed by atoms with Crippen LogP contribution in [0.2, 0.25) is 5.02 Å². The van der Waals surface area contributed by atoms with Gasteiger partial charge in [0.05, 0.1) is 23.2 Å². The minimum absolute atomic E-state index is 0.00445. The molecule has 0 unspecified atom stereocenters. The first-order valence-corrected chi connectivity index (χ1v) is 10.1. The summed E-state index contributed by atoms with van der Waals surface area (Å²) in [6.07, 6.45) is 2.90. The Labute approximate surface area is 167 Å². The summed E-state index contributed by atoms with van der Waals surface area (Å²) in [5.74, 6) is -0.0692. The lowest BCUT2D eigenvalue weighted by atomic mass is 9.53. The van der Waals surface area contributed by atoms with Crippen LogP contribution in [0.5, 0.6) is 0 Å². The molecule has 0 radical (unpaired) electrons. The van der Waals surface area contributed by atoms with Gasteiger partial charge in [0.25, 0.3) is 0 Å². The molecule has 1 aromatic carbocycles. The molecule has 27 heavy (non-hydrogen) atoms. The molecule has 1 amide bonds. The Kier molecular flexibility index (Phi) is 5.09. The third-order valence-corrected chi connectivity index (χ3v) is 7.45. The fraction of sp³-hybridized carbons (Fsp3) is 0.636. The minimum Gasteiger partial charge on any atom is -0.469 e. The first-order chi connectivity index (χ1) is 12.6. The summed E-state index contributed by atoms with van der Waals surface area (Å²) in [5, 5.41) is 0.658. The number of anilines is 1. The van der Waals surface area contributed by atoms with E-state index in [0.29, 0.717) is 11.4 Å². The van der Waals surface area contributed by atoms with Crippen molar-refractivity contribution in [3.8, 4) is 0 Å². The molecule has 4 nitrogen and oxygen atoms in total. The van der Waals surface area contributed by atoms with E-state index in [-0.39, 0.29) is 29.1 Å². The van der Waals surface area contributed by atoms with Gasteiger partial charge in [0, 0.05) is 13.5 Å². The summed E-state index contributed by atoms with van der Waals surface area (Å²) >= 11 is 6.82. The van der Waals surface area contributed by atoms with Crippen molar-refractivity contribution in [3.63, 3.8) is 0 Å². The van der Waals surface area contributed by atoms with Gasteiger partial charge in [0.2, 0.25) is 5.91 Å². The van der Waals surface area contributed by atoms with Crippen LogP contribution in [0, 0.1) is 11.3 Å². The van der Waals surface area contributed by atoms with Crippen molar-refractivity contribution in [1.29, 1.82) is 0 Å². The molecular weight excluding hydrogens is 362 g/mol. The van der Waals surface area contributed by atoms with Gasteiger partial charge in [-0.15, -0.1) is 0 Å². The molecule has 0 saturated heterocycles. The number of carbonyl (C=O) groups is 2. The zero-order valence-corrected chi connectivity index (χ0v) is 17.9. The second-order valence-corrected chi connectivity index (χ2v) is 9.29. The van der Waals surface area contributed by atoms with Gasteiger partial charge in [0.15, 0.2) is 0 Å². The summed E-state index contributed by atoms with van der Waals surface area (Å²) in [5.41, 5.74) is 1.94. The van der Waals surface area contributed by atoms with E-state index in [1.54, 1.807) is 11.9 Å². The van der Waals surface area contributed by atoms with Gasteiger partial charge in [-0.25, -0.2) is 0 Å². The van der Waals surface area contributed by atoms with Crippen molar-refractivity contribution in [2.45, 2.75) is 64.7 Å². The van der Waals surface area contributed by atoms with Crippen LogP contribution < -0.4 is 4.90 Å². The zero-order valence-electron chi connectivity index (χ0n) is 17.2. The fourth-order valence-electron chi connectivity index (χ4n) is 5.38. The number of esters is 1. The molecule has 1 fully saturated rings. The van der Waals surface area contributed by atoms with Crippen molar-refractivity contribution in [2.75, 3.05) is 19.1 Å². The number of benzene rings is 1. The van der Waals surface area contributed by atoms with Crippen LogP contribution in [0.4, 0.5) is 5.69 Å². The largest absolute Gasteiger partial charge is 0.469 e. The highest BCUT2D eigenvalue weighted by Crippen LogP contribution is 2.58. The molecule has 1 heterocycles. The molecule has 148 valence electrons. The van der Waals surface area contributed by atoms with E-state index < -0.39 is 5.41 Å². The average Bonchev–Trinajstić information content (AvgIpc) is 2.70. The van der Waals surface area contributed by atoms with Crippen LogP contribution in [0.3, 0.4) is 0 Å². The van der Waals surface area contributed by atoms with E-state index in [0.717, 1.165) is 36.1 Å². The monoisotopic (exact) mass is 391 g/mol. The third-order valence-electron chi connectivity index (χ3n) is 7.05. The lowest BCUT2D eigenvalue weighted by Crippen LogP contribution is -2.51. The minimum atomic E-state index is -0.678. The molecule has 0 bridgehead atoms. The number of hydrogen-bond acceptors (Lipinski definition) is 3. The summed E-state index contributed by atoms with van der Waals surface area (Å²) in [4.78, 5) is 27.6. The highest BCUT2D eigenvalue weighted by atomic mass is 35.5. The van der Waals surface area contributed by atoms with Gasteiger partial charge in [-0.1, -0.05) is 50.9 Å². The third kappa shape index (κ3) is 2.88. The highest BCUT2D eigenvalue weighted by molar-refractivity contribution is 6.35. The number of carbonyl (C=O) groups excluding carboxylic acids is 2. The summed E-state index contributed by atoms with van der Waals surface area (Å²) in [7, 11) is 3.23. The van der Waals surface area contributed by atoms with Crippen molar-refractivity contribution in [3.05, 3.63) is 28.3 Å². The Morgan fingerprint density at radius 3 is 2.56 bits per heavy atom. The molecule has 1 aliphatic carbocycles. The summed E-state index contributed by atoms with van der Waals surface area (Å²) < 4.78 is 5.16. The number of ether oxygens (including phenoxy) is 1. The molecule has 0 N–H and O–H groups in total. The molecule has 5 heteroatoms. The number of methoxy groups -OCH3 is 1. The number of hydrogen-bond donors (Lipinski definition) is 0. The Balaban J connectivity index is 2.27. The topological polar surface area (TPSA) is 46.6 Å². The van der Waals surface area contributed by atoms with E-state index in [1.165, 1.54) is 7.11 Å². The lowest BCUT2D eigenvalue weighted by Gasteiger charge is -2.50. The van der Waals surface area contributed by atoms with Gasteiger partial charge < -0.3 is 9.64 Å². The molecule has 2 aliphatic rings. The van der Waals surface area contributed by atoms with Crippen molar-refractivity contribution in [1.82, 2.24) is 0 Å². The Hall–Kier alpha value is -1.55. The number of rotatable bonds is 2. The predicted molar refractivity (Wildman–Crippen MR) is 108 cm³/mol. The van der Waals surface area contributed by atoms with Gasteiger partial charge in [-0.2, -0.15) is 0 Å². The van der Waals surface area contributed by atoms with Crippen LogP contribution in [0.25, 0.3) is 0 Å². The van der Waals surface area contributed by atoms with E-state index in [4.69, 9.17) is 16.3 Å². The maximum atomic E-state index is 13.1. The second kappa shape index (κ2) is 6.80. The number of nitrogens with zero attached hydrogens (tertiary/aromatic N) is 1. The molecular formula is C22H30ClNO3. The van der Waals surface area contributed by atoms with E-state index in [2.05, 4.69) is 32.9 Å². The second-order valence-electron chi connectivity index (χ2n) is 8.91. The van der Waals surface area contributed by atoms with Crippen LogP contribution in [0.15, 0.2) is 12.1 Å². The SMILES string of the molecule is COC(=O)[C@]1(C)CCC[C@]2(C)c3ccc(C(C)C)c(Cl)c3N(C)C(=O)C[C@@H]12. The smallest absolute Gasteiger partial charge is 0.311 e. The van der Waals surface area contributed by atoms with Crippen LogP contribution in [-0.4, -0.2) is 26.0 Å². The molecule has 1 aromatic rings. The molecule has 3 rings (SSSR count). The average molecular weight is 392 g/mol. The molecule has 3 atom stereocenters. The lowest BCUT2D eigenvalue weighted by molar-refractivity contribution is -0.161. The van der Waals surface area contributed by atoms with Gasteiger partial charge in [-0.3, -0.25) is 9.59 Å². The Morgan fingerprint density at radius 2 is 1.96 bits per heavy atom. The molecule has 1 aliphatic heterocycles. The predicted octanol–water partition coefficient (Wildman–Crippen LogP) is 5.07. The van der Waals surface area contributed by atoms with Crippen LogP contribution in [0.1, 0.15) is 70.4 Å². The number of fused-ring (bicyclic) bond motifs is 3. The summed E-state index contributed by atoms with van der Waals surface area (Å²) in [6, 6.07) is 4.21. The number of amides is 1. The molecule has 1 saturated carbocycles. The highest BCUT2D eigenvalue weighted by Gasteiger charge is 2.57. The quantitative estimate of drug-likeness (QED) is 0.661. The first kappa shape index (κ1) is 20.2. The Morgan fingerprint density at radius 1 is 1.30 bits per heavy atom. The standard InChI is InChI=1S/C22H30ClNO3/c1-13(2)14-8-9-15-19(18(14)23)24(5)17(25)12-16-21(15,3)10-7-11-22(16,4)20(26)27-6/h8-9,13,16H,7,10-12H2,1-6H3/t16-,21-,22-/m1/s1. The van der Waals surface area contributed by atoms with Crippen molar-refractivity contribution in [2.24, 2.45) is 11.3 Å². The van der Waals surface area contributed by atoms with E-state index >= 15 is 0 Å². The van der Waals surface area contributed by atoms with Crippen molar-refractivity contribution >= 4 is 29.2 Å². The van der Waals surface area contributed by atoms with Gasteiger partial charge in [0.1, 0.15) is 0 Å². The first-order valence-electron chi connectivity index (χ1n) is 9.75. The molecule has 0 spiro atoms. The maximum absolute atomic E-state index is 13.1. The Bertz CT molecular complexity index is 790. The van der Waals surface area contributed by atoms with E-state index in [9.17, 15) is 9.59 Å². The normalized spacial score (nSPS) is 30.6. The van der Waals surface area contributed by atoms with Crippen LogP contribution in [-0.2, 0) is 19.7 Å². The fourth-order valence-corrected chi connectivity index (χ4v) is 5.89. The number of halogens is 1. The summed E-state index contributed by atoms with van der Waals surface area (Å²) in [6.45, 7) is 8.36. The van der Waals surface area contributed by atoms with E-state index in [1.807, 2.05) is 6.92 Å². The van der Waals surface area contributed by atoms with Gasteiger partial charge in [-0.05, 0) is 48.1 Å². The van der Waals surface area contributed by atoms with Crippen molar-refractivity contribution < 1.29 is 14.3 Å². The molecule has 0 aromatic heterocycles. The zero-order chi connectivity index (χ0) is 20.1. The van der Waals surface area contributed by atoms with Gasteiger partial charge >= 0.3 is 5.97 Å².